The number of thioether (sulfide) groups is 1. The smallest absolute Gasteiger partial charge is 0.301 e. The number of Topliss-reactive ketones (excluding diaryl/α,β-unsaturated/α-hetero) is 1. The number of aliphatic hydroxyl groups is 1. The lowest BCUT2D eigenvalue weighted by molar-refractivity contribution is -0.132. The van der Waals surface area contributed by atoms with Crippen molar-refractivity contribution in [1.82, 2.24) is 19.6 Å². The lowest BCUT2D eigenvalue weighted by atomic mass is 9.96. The Labute approximate surface area is 250 Å². The minimum Gasteiger partial charge on any atom is -0.505 e. The molecule has 1 aliphatic heterocycles. The monoisotopic (exact) mass is 597 g/mol. The van der Waals surface area contributed by atoms with Gasteiger partial charge in [-0.3, -0.25) is 14.5 Å². The van der Waals surface area contributed by atoms with Gasteiger partial charge in [0.25, 0.3) is 5.78 Å². The van der Waals surface area contributed by atoms with Gasteiger partial charge in [-0.05, 0) is 55.7 Å². The van der Waals surface area contributed by atoms with Crippen LogP contribution in [0, 0.1) is 13.8 Å². The molecule has 1 fully saturated rings. The van der Waals surface area contributed by atoms with Gasteiger partial charge >= 0.3 is 5.91 Å². The predicted molar refractivity (Wildman–Crippen MR) is 163 cm³/mol. The Morgan fingerprint density at radius 1 is 1.02 bits per heavy atom. The predicted octanol–water partition coefficient (Wildman–Crippen LogP) is 6.12. The summed E-state index contributed by atoms with van der Waals surface area (Å²) in [5.74, 6) is -0.598. The number of carbonyl (C=O) groups is 2. The maximum atomic E-state index is 13.7. The fourth-order valence-electron chi connectivity index (χ4n) is 5.01. The lowest BCUT2D eigenvalue weighted by Gasteiger charge is -2.22. The number of aliphatic hydroxyl groups excluding tert-OH is 1. The number of ether oxygens (including phenoxy) is 1. The second-order valence-corrected chi connectivity index (χ2v) is 11.9. The van der Waals surface area contributed by atoms with Crippen LogP contribution in [0.3, 0.4) is 0 Å². The van der Waals surface area contributed by atoms with Gasteiger partial charge in [0.2, 0.25) is 5.13 Å². The second-order valence-electron chi connectivity index (χ2n) is 9.73. The average Bonchev–Trinajstić information content (AvgIpc) is 3.68. The van der Waals surface area contributed by atoms with E-state index >= 15 is 0 Å². The standard InChI is InChI=1S/C31H27N5O4S2/c1-4-40-22-14-12-21(13-15-22)25-23(26(37)24-19(3)35-16-8-9-18(2)28(35)32-24)27(38)29(39)36(25)30-33-34-31(42-30)41-17-20-10-6-5-7-11-20/h5-16,25,37H,4,17H2,1-3H3. The molecule has 0 spiro atoms. The number of ketones is 1. The Kier molecular flexibility index (Phi) is 7.53. The van der Waals surface area contributed by atoms with Crippen LogP contribution in [0.1, 0.15) is 41.0 Å². The fourth-order valence-corrected chi connectivity index (χ4v) is 6.83. The summed E-state index contributed by atoms with van der Waals surface area (Å²) in [6.07, 6.45) is 1.85. The van der Waals surface area contributed by atoms with E-state index in [9.17, 15) is 14.7 Å². The third-order valence-corrected chi connectivity index (χ3v) is 9.19. The molecule has 0 radical (unpaired) electrons. The number of hydrogen-bond acceptors (Lipinski definition) is 9. The third-order valence-electron chi connectivity index (χ3n) is 7.07. The minimum absolute atomic E-state index is 0.0537. The number of aryl methyl sites for hydroxylation is 2. The normalized spacial score (nSPS) is 16.5. The summed E-state index contributed by atoms with van der Waals surface area (Å²) < 4.78 is 8.12. The van der Waals surface area contributed by atoms with E-state index in [0.29, 0.717) is 39.4 Å². The Bertz CT molecular complexity index is 1830. The Morgan fingerprint density at radius 3 is 2.50 bits per heavy atom. The van der Waals surface area contributed by atoms with Crippen molar-refractivity contribution in [2.75, 3.05) is 11.5 Å². The van der Waals surface area contributed by atoms with E-state index in [1.165, 1.54) is 28.0 Å². The third kappa shape index (κ3) is 4.94. The number of rotatable bonds is 8. The van der Waals surface area contributed by atoms with E-state index < -0.39 is 17.7 Å². The first-order valence-electron chi connectivity index (χ1n) is 13.4. The fraction of sp³-hybridized carbons (Fsp3) is 0.194. The van der Waals surface area contributed by atoms with Gasteiger partial charge < -0.3 is 14.2 Å². The second kappa shape index (κ2) is 11.4. The van der Waals surface area contributed by atoms with Crippen LogP contribution in [0.15, 0.2) is 82.8 Å². The van der Waals surface area contributed by atoms with Crippen LogP contribution in [-0.4, -0.2) is 43.0 Å². The molecule has 1 aliphatic rings. The molecular weight excluding hydrogens is 571 g/mol. The van der Waals surface area contributed by atoms with Crippen LogP contribution < -0.4 is 9.64 Å². The van der Waals surface area contributed by atoms with E-state index in [1.54, 1.807) is 24.3 Å². The molecule has 1 N–H and O–H groups in total. The SMILES string of the molecule is CCOc1ccc(C2C(=C(O)c3nc4c(C)cccn4c3C)C(=O)C(=O)N2c2nnc(SCc3ccccc3)s2)cc1. The van der Waals surface area contributed by atoms with Crippen molar-refractivity contribution in [3.05, 3.63) is 107 Å². The first kappa shape index (κ1) is 27.7. The summed E-state index contributed by atoms with van der Waals surface area (Å²) in [5, 5.41) is 20.5. The highest BCUT2D eigenvalue weighted by molar-refractivity contribution is 8.00. The van der Waals surface area contributed by atoms with Crippen molar-refractivity contribution < 1.29 is 19.4 Å². The van der Waals surface area contributed by atoms with E-state index in [4.69, 9.17) is 4.74 Å². The summed E-state index contributed by atoms with van der Waals surface area (Å²) in [6, 6.07) is 20.0. The molecule has 5 aromatic rings. The summed E-state index contributed by atoms with van der Waals surface area (Å²) in [5.41, 5.74) is 4.16. The molecule has 1 saturated heterocycles. The number of fused-ring (bicyclic) bond motifs is 1. The molecule has 42 heavy (non-hydrogen) atoms. The van der Waals surface area contributed by atoms with E-state index in [-0.39, 0.29) is 22.2 Å². The van der Waals surface area contributed by atoms with Crippen molar-refractivity contribution in [2.45, 2.75) is 36.9 Å². The summed E-state index contributed by atoms with van der Waals surface area (Å²) >= 11 is 2.73. The molecule has 212 valence electrons. The molecule has 0 aliphatic carbocycles. The number of aromatic nitrogens is 4. The maximum absolute atomic E-state index is 13.7. The van der Waals surface area contributed by atoms with Gasteiger partial charge in [-0.1, -0.05) is 71.6 Å². The van der Waals surface area contributed by atoms with Gasteiger partial charge in [-0.25, -0.2) is 4.98 Å². The molecule has 4 heterocycles. The first-order chi connectivity index (χ1) is 20.4. The van der Waals surface area contributed by atoms with Crippen molar-refractivity contribution in [1.29, 1.82) is 0 Å². The number of hydrogen-bond donors (Lipinski definition) is 1. The van der Waals surface area contributed by atoms with E-state index in [0.717, 1.165) is 11.1 Å². The van der Waals surface area contributed by atoms with Crippen LogP contribution >= 0.6 is 23.1 Å². The molecular formula is C31H27N5O4S2. The van der Waals surface area contributed by atoms with Gasteiger partial charge in [-0.2, -0.15) is 0 Å². The highest BCUT2D eigenvalue weighted by Gasteiger charge is 2.48. The quantitative estimate of drug-likeness (QED) is 0.0749. The number of nitrogens with zero attached hydrogens (tertiary/aromatic N) is 5. The zero-order valence-electron chi connectivity index (χ0n) is 23.1. The lowest BCUT2D eigenvalue weighted by Crippen LogP contribution is -2.29. The summed E-state index contributed by atoms with van der Waals surface area (Å²) in [6.45, 7) is 6.13. The number of imidazole rings is 1. The molecule has 3 aromatic heterocycles. The highest BCUT2D eigenvalue weighted by Crippen LogP contribution is 2.44. The van der Waals surface area contributed by atoms with Crippen LogP contribution in [0.2, 0.25) is 0 Å². The van der Waals surface area contributed by atoms with Crippen LogP contribution in [0.4, 0.5) is 5.13 Å². The summed E-state index contributed by atoms with van der Waals surface area (Å²) in [4.78, 5) is 33.3. The van der Waals surface area contributed by atoms with Crippen LogP contribution in [0.5, 0.6) is 5.75 Å². The Hall–Kier alpha value is -4.48. The largest absolute Gasteiger partial charge is 0.505 e. The van der Waals surface area contributed by atoms with E-state index in [1.807, 2.05) is 73.8 Å². The molecule has 2 aromatic carbocycles. The van der Waals surface area contributed by atoms with Crippen LogP contribution in [0.25, 0.3) is 11.4 Å². The Morgan fingerprint density at radius 2 is 1.79 bits per heavy atom. The molecule has 9 nitrogen and oxygen atoms in total. The topological polar surface area (TPSA) is 110 Å². The zero-order chi connectivity index (χ0) is 29.4. The van der Waals surface area contributed by atoms with Crippen molar-refractivity contribution in [2.24, 2.45) is 0 Å². The van der Waals surface area contributed by atoms with Gasteiger partial charge in [0.1, 0.15) is 17.1 Å². The van der Waals surface area contributed by atoms with Crippen molar-refractivity contribution >= 4 is 51.3 Å². The van der Waals surface area contributed by atoms with Crippen molar-refractivity contribution in [3.8, 4) is 5.75 Å². The molecule has 6 rings (SSSR count). The zero-order valence-corrected chi connectivity index (χ0v) is 24.8. The number of anilines is 1. The summed E-state index contributed by atoms with van der Waals surface area (Å²) in [7, 11) is 0. The number of pyridine rings is 1. The molecule has 1 unspecified atom stereocenters. The van der Waals surface area contributed by atoms with Gasteiger partial charge in [0.15, 0.2) is 10.1 Å². The minimum atomic E-state index is -0.939. The molecule has 0 bridgehead atoms. The van der Waals surface area contributed by atoms with Gasteiger partial charge in [-0.15, -0.1) is 10.2 Å². The van der Waals surface area contributed by atoms with Gasteiger partial charge in [0, 0.05) is 11.9 Å². The molecule has 11 heteroatoms. The average molecular weight is 598 g/mol. The molecule has 0 saturated carbocycles. The molecule has 1 atom stereocenters. The molecule has 1 amide bonds. The van der Waals surface area contributed by atoms with E-state index in [2.05, 4.69) is 15.2 Å². The number of carbonyl (C=O) groups excluding carboxylic acids is 2. The number of benzene rings is 2. The highest BCUT2D eigenvalue weighted by atomic mass is 32.2. The Balaban J connectivity index is 1.44. The maximum Gasteiger partial charge on any atom is 0.301 e. The van der Waals surface area contributed by atoms with Gasteiger partial charge in [0.05, 0.1) is 23.9 Å². The number of amides is 1. The van der Waals surface area contributed by atoms with Crippen LogP contribution in [-0.2, 0) is 15.3 Å². The van der Waals surface area contributed by atoms with Crippen molar-refractivity contribution in [3.63, 3.8) is 0 Å². The first-order valence-corrected chi connectivity index (χ1v) is 15.2.